The Balaban J connectivity index is 2.51. The molecule has 2 unspecified atom stereocenters. The van der Waals surface area contributed by atoms with Crippen molar-refractivity contribution >= 4 is 11.6 Å². The Morgan fingerprint density at radius 1 is 1.50 bits per heavy atom. The lowest BCUT2D eigenvalue weighted by molar-refractivity contribution is -0.0844. The molecule has 1 heterocycles. The Kier molecular flexibility index (Phi) is 3.85. The zero-order valence-corrected chi connectivity index (χ0v) is 8.86. The van der Waals surface area contributed by atoms with Gasteiger partial charge in [-0.3, -0.25) is 0 Å². The highest BCUT2D eigenvalue weighted by atomic mass is 35.5. The van der Waals surface area contributed by atoms with Crippen LogP contribution < -0.4 is 0 Å². The predicted octanol–water partition coefficient (Wildman–Crippen LogP) is 3.35. The molecule has 1 saturated heterocycles. The second-order valence-electron chi connectivity index (χ2n) is 3.73. The van der Waals surface area contributed by atoms with E-state index in [0.717, 1.165) is 32.3 Å². The quantitative estimate of drug-likeness (QED) is 0.621. The van der Waals surface area contributed by atoms with Crippen LogP contribution in [0.1, 0.15) is 46.0 Å². The van der Waals surface area contributed by atoms with Gasteiger partial charge < -0.3 is 4.74 Å². The second-order valence-corrected chi connectivity index (χ2v) is 4.34. The van der Waals surface area contributed by atoms with Gasteiger partial charge in [-0.1, -0.05) is 20.3 Å². The van der Waals surface area contributed by atoms with Crippen LogP contribution in [0.5, 0.6) is 0 Å². The van der Waals surface area contributed by atoms with E-state index in [0.29, 0.717) is 5.38 Å². The Labute approximate surface area is 80.4 Å². The fourth-order valence-corrected chi connectivity index (χ4v) is 2.39. The number of ether oxygens (including phenoxy) is 1. The first-order chi connectivity index (χ1) is 5.72. The molecule has 12 heavy (non-hydrogen) atoms. The first-order valence-electron chi connectivity index (χ1n) is 5.00. The molecule has 0 radical (unpaired) electrons. The van der Waals surface area contributed by atoms with Crippen LogP contribution in [0.15, 0.2) is 0 Å². The van der Waals surface area contributed by atoms with Gasteiger partial charge in [0, 0.05) is 12.0 Å². The molecule has 0 aliphatic carbocycles. The largest absolute Gasteiger partial charge is 0.375 e. The third kappa shape index (κ3) is 2.37. The van der Waals surface area contributed by atoms with Crippen LogP contribution in [0.3, 0.4) is 0 Å². The fourth-order valence-electron chi connectivity index (χ4n) is 2.02. The van der Waals surface area contributed by atoms with E-state index in [-0.39, 0.29) is 5.60 Å². The van der Waals surface area contributed by atoms with Crippen molar-refractivity contribution in [2.24, 2.45) is 0 Å². The summed E-state index contributed by atoms with van der Waals surface area (Å²) in [6.45, 7) is 5.26. The van der Waals surface area contributed by atoms with Crippen molar-refractivity contribution in [2.45, 2.75) is 56.9 Å². The smallest absolute Gasteiger partial charge is 0.0693 e. The lowest BCUT2D eigenvalue weighted by Gasteiger charge is -2.38. The molecule has 0 amide bonds. The normalized spacial score (nSPS) is 36.8. The molecule has 72 valence electrons. The first kappa shape index (κ1) is 10.3. The predicted molar refractivity (Wildman–Crippen MR) is 52.8 cm³/mol. The van der Waals surface area contributed by atoms with Gasteiger partial charge in [0.25, 0.3) is 0 Å². The fraction of sp³-hybridized carbons (Fsp3) is 1.00. The summed E-state index contributed by atoms with van der Waals surface area (Å²) in [5, 5.41) is 0.338. The highest BCUT2D eigenvalue weighted by molar-refractivity contribution is 6.20. The summed E-state index contributed by atoms with van der Waals surface area (Å²) in [5.74, 6) is 0. The summed E-state index contributed by atoms with van der Waals surface area (Å²) in [7, 11) is 0. The Bertz CT molecular complexity index is 134. The zero-order chi connectivity index (χ0) is 9.03. The Hall–Kier alpha value is 0.250. The maximum atomic E-state index is 6.14. The Morgan fingerprint density at radius 3 is 2.75 bits per heavy atom. The highest BCUT2D eigenvalue weighted by Crippen LogP contribution is 2.34. The van der Waals surface area contributed by atoms with Gasteiger partial charge >= 0.3 is 0 Å². The van der Waals surface area contributed by atoms with Crippen molar-refractivity contribution in [3.05, 3.63) is 0 Å². The van der Waals surface area contributed by atoms with Gasteiger partial charge in [0.2, 0.25) is 0 Å². The molecule has 0 N–H and O–H groups in total. The molecule has 0 saturated carbocycles. The van der Waals surface area contributed by atoms with E-state index in [2.05, 4.69) is 13.8 Å². The van der Waals surface area contributed by atoms with Crippen molar-refractivity contribution in [3.63, 3.8) is 0 Å². The van der Waals surface area contributed by atoms with Crippen LogP contribution in [0.2, 0.25) is 0 Å². The number of rotatable bonds is 3. The summed E-state index contributed by atoms with van der Waals surface area (Å²) in [4.78, 5) is 0. The average Bonchev–Trinajstić information content (AvgIpc) is 2.05. The zero-order valence-electron chi connectivity index (χ0n) is 8.11. The SMILES string of the molecule is CCCC1(CC)CC(Cl)CCO1. The highest BCUT2D eigenvalue weighted by Gasteiger charge is 2.34. The van der Waals surface area contributed by atoms with Crippen LogP contribution >= 0.6 is 11.6 Å². The number of hydrogen-bond donors (Lipinski definition) is 0. The number of alkyl halides is 1. The van der Waals surface area contributed by atoms with E-state index >= 15 is 0 Å². The van der Waals surface area contributed by atoms with E-state index in [9.17, 15) is 0 Å². The first-order valence-corrected chi connectivity index (χ1v) is 5.44. The lowest BCUT2D eigenvalue weighted by Crippen LogP contribution is -2.39. The minimum atomic E-state index is 0.111. The van der Waals surface area contributed by atoms with E-state index in [1.165, 1.54) is 6.42 Å². The third-order valence-electron chi connectivity index (χ3n) is 2.78. The molecule has 2 atom stereocenters. The summed E-state index contributed by atoms with van der Waals surface area (Å²) < 4.78 is 5.84. The van der Waals surface area contributed by atoms with Crippen LogP contribution in [0.4, 0.5) is 0 Å². The molecular weight excluding hydrogens is 172 g/mol. The van der Waals surface area contributed by atoms with Gasteiger partial charge in [-0.25, -0.2) is 0 Å². The van der Waals surface area contributed by atoms with Gasteiger partial charge in [-0.15, -0.1) is 11.6 Å². The molecule has 1 aliphatic rings. The average molecular weight is 191 g/mol. The van der Waals surface area contributed by atoms with Crippen LogP contribution in [0.25, 0.3) is 0 Å². The minimum Gasteiger partial charge on any atom is -0.375 e. The van der Waals surface area contributed by atoms with E-state index in [1.54, 1.807) is 0 Å². The molecule has 1 rings (SSSR count). The van der Waals surface area contributed by atoms with E-state index in [4.69, 9.17) is 16.3 Å². The van der Waals surface area contributed by atoms with Gasteiger partial charge in [0.15, 0.2) is 0 Å². The second kappa shape index (κ2) is 4.48. The van der Waals surface area contributed by atoms with Crippen molar-refractivity contribution in [1.82, 2.24) is 0 Å². The molecule has 0 spiro atoms. The summed E-state index contributed by atoms with van der Waals surface area (Å²) in [6, 6.07) is 0. The summed E-state index contributed by atoms with van der Waals surface area (Å²) in [5.41, 5.74) is 0.111. The number of hydrogen-bond acceptors (Lipinski definition) is 1. The molecule has 0 bridgehead atoms. The van der Waals surface area contributed by atoms with Crippen LogP contribution in [-0.4, -0.2) is 17.6 Å². The van der Waals surface area contributed by atoms with Crippen molar-refractivity contribution < 1.29 is 4.74 Å². The van der Waals surface area contributed by atoms with Gasteiger partial charge in [0.05, 0.1) is 5.60 Å². The lowest BCUT2D eigenvalue weighted by atomic mass is 9.87. The summed E-state index contributed by atoms with van der Waals surface area (Å²) in [6.07, 6.45) is 5.51. The Morgan fingerprint density at radius 2 is 2.25 bits per heavy atom. The van der Waals surface area contributed by atoms with E-state index in [1.807, 2.05) is 0 Å². The molecule has 1 nitrogen and oxygen atoms in total. The van der Waals surface area contributed by atoms with Gasteiger partial charge in [-0.2, -0.15) is 0 Å². The van der Waals surface area contributed by atoms with Crippen molar-refractivity contribution in [1.29, 1.82) is 0 Å². The van der Waals surface area contributed by atoms with Crippen molar-refractivity contribution in [3.8, 4) is 0 Å². The third-order valence-corrected chi connectivity index (χ3v) is 3.16. The maximum absolute atomic E-state index is 6.14. The number of halogens is 1. The molecule has 0 aromatic carbocycles. The van der Waals surface area contributed by atoms with Crippen LogP contribution in [0, 0.1) is 0 Å². The molecule has 0 aromatic heterocycles. The van der Waals surface area contributed by atoms with Gasteiger partial charge in [0.1, 0.15) is 0 Å². The van der Waals surface area contributed by atoms with E-state index < -0.39 is 0 Å². The standard InChI is InChI=1S/C10H19ClO/c1-3-6-10(4-2)8-9(11)5-7-12-10/h9H,3-8H2,1-2H3. The van der Waals surface area contributed by atoms with Crippen molar-refractivity contribution in [2.75, 3.05) is 6.61 Å². The molecule has 1 aliphatic heterocycles. The molecular formula is C10H19ClO. The van der Waals surface area contributed by atoms with Crippen LogP contribution in [-0.2, 0) is 4.74 Å². The van der Waals surface area contributed by atoms with Gasteiger partial charge in [-0.05, 0) is 25.7 Å². The monoisotopic (exact) mass is 190 g/mol. The molecule has 1 fully saturated rings. The molecule has 2 heteroatoms. The molecule has 0 aromatic rings. The summed E-state index contributed by atoms with van der Waals surface area (Å²) >= 11 is 6.14. The minimum absolute atomic E-state index is 0.111. The maximum Gasteiger partial charge on any atom is 0.0693 e. The topological polar surface area (TPSA) is 9.23 Å².